The van der Waals surface area contributed by atoms with Crippen molar-refractivity contribution < 1.29 is 18.8 Å². The van der Waals surface area contributed by atoms with Crippen LogP contribution in [0.1, 0.15) is 41.5 Å². The van der Waals surface area contributed by atoms with Crippen LogP contribution in [-0.4, -0.2) is 37.3 Å². The molecule has 0 saturated carbocycles. The van der Waals surface area contributed by atoms with Crippen molar-refractivity contribution in [3.63, 3.8) is 0 Å². The summed E-state index contributed by atoms with van der Waals surface area (Å²) in [6.07, 6.45) is 0. The van der Waals surface area contributed by atoms with Gasteiger partial charge >= 0.3 is 6.01 Å². The minimum Gasteiger partial charge on any atom is -0.501 e. The SMILES string of the molecule is Cc1noc(N2CCn3c(nc(C(=O)NCc4ccc(F)cc4)c(O)c3=O)C2(C)C)n1. The quantitative estimate of drug-likeness (QED) is 0.640. The Hall–Kier alpha value is -3.76. The van der Waals surface area contributed by atoms with Gasteiger partial charge in [0.2, 0.25) is 5.75 Å². The minimum atomic E-state index is -0.879. The molecule has 0 spiro atoms. The lowest BCUT2D eigenvalue weighted by Crippen LogP contribution is -2.53. The molecule has 1 aliphatic rings. The molecule has 1 aromatic carbocycles. The van der Waals surface area contributed by atoms with Crippen molar-refractivity contribution in [1.29, 1.82) is 0 Å². The first kappa shape index (κ1) is 20.5. The monoisotopic (exact) mass is 428 g/mol. The Morgan fingerprint density at radius 3 is 2.61 bits per heavy atom. The summed E-state index contributed by atoms with van der Waals surface area (Å²) in [6, 6.07) is 5.88. The van der Waals surface area contributed by atoms with Crippen molar-refractivity contribution in [3.05, 3.63) is 63.3 Å². The second-order valence-electron chi connectivity index (χ2n) is 7.73. The normalized spacial score (nSPS) is 14.9. The number of nitrogens with zero attached hydrogens (tertiary/aromatic N) is 5. The van der Waals surface area contributed by atoms with Crippen LogP contribution in [0.2, 0.25) is 0 Å². The standard InChI is InChI=1S/C20H21FN6O4/c1-11-23-19(31-25-11)27-9-8-26-17(30)15(28)14(24-18(26)20(27,2)3)16(29)22-10-12-4-6-13(21)7-5-12/h4-7,28H,8-10H2,1-3H3,(H,22,29). The van der Waals surface area contributed by atoms with Crippen LogP contribution in [0.3, 0.4) is 0 Å². The van der Waals surface area contributed by atoms with Crippen LogP contribution in [0, 0.1) is 12.7 Å². The van der Waals surface area contributed by atoms with E-state index < -0.39 is 22.8 Å². The first-order valence-corrected chi connectivity index (χ1v) is 9.63. The van der Waals surface area contributed by atoms with Gasteiger partial charge in [0.05, 0.1) is 5.54 Å². The number of carbonyl (C=O) groups excluding carboxylic acids is 1. The highest BCUT2D eigenvalue weighted by Gasteiger charge is 2.41. The fourth-order valence-electron chi connectivity index (χ4n) is 3.58. The van der Waals surface area contributed by atoms with Crippen LogP contribution in [-0.2, 0) is 18.6 Å². The van der Waals surface area contributed by atoms with Gasteiger partial charge in [-0.1, -0.05) is 17.3 Å². The number of aromatic hydroxyl groups is 1. The van der Waals surface area contributed by atoms with Gasteiger partial charge in [0.25, 0.3) is 11.5 Å². The molecule has 3 aromatic rings. The topological polar surface area (TPSA) is 126 Å². The maximum atomic E-state index is 13.1. The van der Waals surface area contributed by atoms with Crippen LogP contribution in [0.25, 0.3) is 0 Å². The van der Waals surface area contributed by atoms with Crippen LogP contribution in [0.5, 0.6) is 5.75 Å². The summed E-state index contributed by atoms with van der Waals surface area (Å²) in [5.41, 5.74) is -1.31. The zero-order chi connectivity index (χ0) is 22.3. The van der Waals surface area contributed by atoms with Gasteiger partial charge in [-0.25, -0.2) is 9.37 Å². The average molecular weight is 428 g/mol. The molecule has 10 nitrogen and oxygen atoms in total. The van der Waals surface area contributed by atoms with Gasteiger partial charge in [-0.2, -0.15) is 4.98 Å². The molecule has 0 saturated heterocycles. The number of hydrogen-bond acceptors (Lipinski definition) is 8. The van der Waals surface area contributed by atoms with E-state index in [4.69, 9.17) is 4.52 Å². The van der Waals surface area contributed by atoms with Crippen LogP contribution >= 0.6 is 0 Å². The lowest BCUT2D eigenvalue weighted by molar-refractivity contribution is 0.0941. The molecule has 3 heterocycles. The smallest absolute Gasteiger partial charge is 0.324 e. The largest absolute Gasteiger partial charge is 0.501 e. The molecule has 2 N–H and O–H groups in total. The average Bonchev–Trinajstić information content (AvgIpc) is 3.15. The van der Waals surface area contributed by atoms with Crippen molar-refractivity contribution in [2.75, 3.05) is 11.4 Å². The molecule has 0 radical (unpaired) electrons. The molecule has 0 fully saturated rings. The van der Waals surface area contributed by atoms with Gasteiger partial charge in [0, 0.05) is 19.6 Å². The number of nitrogens with one attached hydrogen (secondary N) is 1. The number of anilines is 1. The number of carbonyl (C=O) groups is 1. The number of amides is 1. The van der Waals surface area contributed by atoms with Crippen molar-refractivity contribution in [3.8, 4) is 5.75 Å². The lowest BCUT2D eigenvalue weighted by atomic mass is 9.98. The maximum absolute atomic E-state index is 13.1. The van der Waals surface area contributed by atoms with Crippen molar-refractivity contribution in [2.24, 2.45) is 0 Å². The highest BCUT2D eigenvalue weighted by Crippen LogP contribution is 2.33. The third-order valence-electron chi connectivity index (χ3n) is 5.24. The molecule has 1 amide bonds. The van der Waals surface area contributed by atoms with Crippen LogP contribution < -0.4 is 15.8 Å². The summed E-state index contributed by atoms with van der Waals surface area (Å²) >= 11 is 0. The molecule has 2 aromatic heterocycles. The van der Waals surface area contributed by atoms with E-state index in [9.17, 15) is 19.1 Å². The predicted molar refractivity (Wildman–Crippen MR) is 107 cm³/mol. The summed E-state index contributed by atoms with van der Waals surface area (Å²) in [6.45, 7) is 5.98. The van der Waals surface area contributed by atoms with Gasteiger partial charge in [-0.15, -0.1) is 0 Å². The fraction of sp³-hybridized carbons (Fsp3) is 0.350. The minimum absolute atomic E-state index is 0.0788. The van der Waals surface area contributed by atoms with Gasteiger partial charge in [0.15, 0.2) is 11.5 Å². The molecular formula is C20H21FN6O4. The van der Waals surface area contributed by atoms with E-state index >= 15 is 0 Å². The number of fused-ring (bicyclic) bond motifs is 1. The van der Waals surface area contributed by atoms with Crippen LogP contribution in [0.15, 0.2) is 33.6 Å². The van der Waals surface area contributed by atoms with E-state index in [1.165, 1.54) is 28.8 Å². The number of aromatic nitrogens is 4. The number of halogens is 1. The Balaban J connectivity index is 1.67. The fourth-order valence-corrected chi connectivity index (χ4v) is 3.58. The molecule has 11 heteroatoms. The van der Waals surface area contributed by atoms with E-state index in [1.54, 1.807) is 25.7 Å². The third kappa shape index (κ3) is 3.62. The Bertz CT molecular complexity index is 1200. The van der Waals surface area contributed by atoms with E-state index in [2.05, 4.69) is 20.4 Å². The Morgan fingerprint density at radius 1 is 1.26 bits per heavy atom. The Labute approximate surface area is 176 Å². The zero-order valence-corrected chi connectivity index (χ0v) is 17.2. The summed E-state index contributed by atoms with van der Waals surface area (Å²) < 4.78 is 19.7. The van der Waals surface area contributed by atoms with Gasteiger partial charge in [-0.05, 0) is 38.5 Å². The molecule has 0 atom stereocenters. The van der Waals surface area contributed by atoms with Gasteiger partial charge in [-0.3, -0.25) is 14.2 Å². The molecule has 0 unspecified atom stereocenters. The molecule has 162 valence electrons. The number of benzene rings is 1. The van der Waals surface area contributed by atoms with E-state index in [0.717, 1.165) is 0 Å². The maximum Gasteiger partial charge on any atom is 0.324 e. The summed E-state index contributed by atoms with van der Waals surface area (Å²) in [4.78, 5) is 35.9. The van der Waals surface area contributed by atoms with Crippen molar-refractivity contribution in [2.45, 2.75) is 39.4 Å². The summed E-state index contributed by atoms with van der Waals surface area (Å²) in [5, 5.41) is 16.8. The Morgan fingerprint density at radius 2 is 1.97 bits per heavy atom. The number of hydrogen-bond donors (Lipinski definition) is 2. The van der Waals surface area contributed by atoms with E-state index in [-0.39, 0.29) is 36.4 Å². The van der Waals surface area contributed by atoms with E-state index in [0.29, 0.717) is 17.9 Å². The van der Waals surface area contributed by atoms with Crippen molar-refractivity contribution in [1.82, 2.24) is 25.0 Å². The zero-order valence-electron chi connectivity index (χ0n) is 17.2. The molecular weight excluding hydrogens is 407 g/mol. The number of aryl methyl sites for hydroxylation is 1. The second kappa shape index (κ2) is 7.49. The number of rotatable bonds is 4. The summed E-state index contributed by atoms with van der Waals surface area (Å²) in [5.74, 6) is -1.08. The summed E-state index contributed by atoms with van der Waals surface area (Å²) in [7, 11) is 0. The highest BCUT2D eigenvalue weighted by atomic mass is 19.1. The van der Waals surface area contributed by atoms with Crippen LogP contribution in [0.4, 0.5) is 10.4 Å². The third-order valence-corrected chi connectivity index (χ3v) is 5.24. The lowest BCUT2D eigenvalue weighted by Gasteiger charge is -2.41. The second-order valence-corrected chi connectivity index (χ2v) is 7.73. The molecule has 4 rings (SSSR count). The molecule has 31 heavy (non-hydrogen) atoms. The first-order chi connectivity index (χ1) is 14.7. The molecule has 0 aliphatic carbocycles. The first-order valence-electron chi connectivity index (χ1n) is 9.63. The van der Waals surface area contributed by atoms with E-state index in [1.807, 2.05) is 0 Å². The molecule has 0 bridgehead atoms. The van der Waals surface area contributed by atoms with Crippen molar-refractivity contribution >= 4 is 11.9 Å². The Kier molecular flexibility index (Phi) is 4.96. The predicted octanol–water partition coefficient (Wildman–Crippen LogP) is 1.46. The molecule has 1 aliphatic heterocycles. The highest BCUT2D eigenvalue weighted by molar-refractivity contribution is 5.94. The van der Waals surface area contributed by atoms with Gasteiger partial charge in [0.1, 0.15) is 11.6 Å². The van der Waals surface area contributed by atoms with Gasteiger partial charge < -0.3 is 19.8 Å².